The van der Waals surface area contributed by atoms with Crippen molar-refractivity contribution in [2.45, 2.75) is 13.3 Å². The Kier molecular flexibility index (Phi) is 5.37. The molecule has 0 unspecified atom stereocenters. The average molecular weight is 377 g/mol. The molecule has 144 valence electrons. The number of aromatic nitrogens is 2. The van der Waals surface area contributed by atoms with E-state index in [0.717, 1.165) is 55.6 Å². The SMILES string of the molecule is CCc1ccc(Nc2cc(N3CCN(c4ccc(F)cc4)CC3)ncn2)cc1. The number of rotatable bonds is 5. The summed E-state index contributed by atoms with van der Waals surface area (Å²) in [6.45, 7) is 5.61. The molecule has 0 aliphatic carbocycles. The van der Waals surface area contributed by atoms with Crippen LogP contribution in [0.5, 0.6) is 0 Å². The maximum Gasteiger partial charge on any atom is 0.135 e. The molecule has 3 aromatic rings. The largest absolute Gasteiger partial charge is 0.368 e. The molecule has 28 heavy (non-hydrogen) atoms. The van der Waals surface area contributed by atoms with E-state index in [0.29, 0.717) is 0 Å². The lowest BCUT2D eigenvalue weighted by atomic mass is 10.1. The third-order valence-electron chi connectivity index (χ3n) is 5.08. The fourth-order valence-corrected chi connectivity index (χ4v) is 3.41. The summed E-state index contributed by atoms with van der Waals surface area (Å²) in [7, 11) is 0. The number of aryl methyl sites for hydroxylation is 1. The molecule has 1 N–H and O–H groups in total. The Bertz CT molecular complexity index is 903. The van der Waals surface area contributed by atoms with Gasteiger partial charge in [-0.2, -0.15) is 0 Å². The Morgan fingerprint density at radius 1 is 0.893 bits per heavy atom. The maximum absolute atomic E-state index is 13.1. The van der Waals surface area contributed by atoms with Crippen LogP contribution in [0.15, 0.2) is 60.9 Å². The van der Waals surface area contributed by atoms with Crippen molar-refractivity contribution in [2.24, 2.45) is 0 Å². The number of nitrogens with zero attached hydrogens (tertiary/aromatic N) is 4. The molecule has 1 aliphatic rings. The van der Waals surface area contributed by atoms with Crippen molar-refractivity contribution in [1.82, 2.24) is 9.97 Å². The van der Waals surface area contributed by atoms with Crippen molar-refractivity contribution in [3.05, 3.63) is 72.3 Å². The number of benzene rings is 2. The van der Waals surface area contributed by atoms with Crippen LogP contribution in [0.25, 0.3) is 0 Å². The fraction of sp³-hybridized carbons (Fsp3) is 0.273. The molecule has 0 radical (unpaired) electrons. The zero-order valence-electron chi connectivity index (χ0n) is 16.0. The summed E-state index contributed by atoms with van der Waals surface area (Å²) in [5.41, 5.74) is 3.39. The van der Waals surface area contributed by atoms with Gasteiger partial charge in [0, 0.05) is 43.6 Å². The zero-order chi connectivity index (χ0) is 19.3. The van der Waals surface area contributed by atoms with Gasteiger partial charge in [0.25, 0.3) is 0 Å². The minimum atomic E-state index is -0.201. The first kappa shape index (κ1) is 18.2. The predicted octanol–water partition coefficient (Wildman–Crippen LogP) is 4.25. The van der Waals surface area contributed by atoms with Crippen molar-refractivity contribution in [3.63, 3.8) is 0 Å². The summed E-state index contributed by atoms with van der Waals surface area (Å²) < 4.78 is 13.1. The molecule has 1 fully saturated rings. The highest BCUT2D eigenvalue weighted by molar-refractivity contribution is 5.60. The van der Waals surface area contributed by atoms with Gasteiger partial charge in [-0.3, -0.25) is 0 Å². The van der Waals surface area contributed by atoms with Gasteiger partial charge in [-0.1, -0.05) is 19.1 Å². The van der Waals surface area contributed by atoms with Gasteiger partial charge < -0.3 is 15.1 Å². The van der Waals surface area contributed by atoms with Crippen LogP contribution < -0.4 is 15.1 Å². The van der Waals surface area contributed by atoms with E-state index >= 15 is 0 Å². The number of halogens is 1. The maximum atomic E-state index is 13.1. The van der Waals surface area contributed by atoms with Gasteiger partial charge in [-0.15, -0.1) is 0 Å². The van der Waals surface area contributed by atoms with Crippen LogP contribution in [-0.2, 0) is 6.42 Å². The lowest BCUT2D eigenvalue weighted by molar-refractivity contribution is 0.624. The van der Waals surface area contributed by atoms with E-state index in [1.54, 1.807) is 6.33 Å². The minimum Gasteiger partial charge on any atom is -0.368 e. The Hall–Kier alpha value is -3.15. The summed E-state index contributed by atoms with van der Waals surface area (Å²) in [4.78, 5) is 13.3. The van der Waals surface area contributed by atoms with Crippen molar-refractivity contribution >= 4 is 23.0 Å². The molecule has 2 heterocycles. The van der Waals surface area contributed by atoms with Crippen molar-refractivity contribution < 1.29 is 4.39 Å². The molecule has 6 heteroatoms. The molecular weight excluding hydrogens is 353 g/mol. The van der Waals surface area contributed by atoms with E-state index in [2.05, 4.69) is 56.3 Å². The first-order valence-electron chi connectivity index (χ1n) is 9.65. The number of hydrogen-bond acceptors (Lipinski definition) is 5. The highest BCUT2D eigenvalue weighted by Gasteiger charge is 2.19. The van der Waals surface area contributed by atoms with Gasteiger partial charge >= 0.3 is 0 Å². The molecule has 1 aliphatic heterocycles. The highest BCUT2D eigenvalue weighted by Crippen LogP contribution is 2.22. The Morgan fingerprint density at radius 2 is 1.57 bits per heavy atom. The van der Waals surface area contributed by atoms with Crippen LogP contribution in [0.4, 0.5) is 27.4 Å². The summed E-state index contributed by atoms with van der Waals surface area (Å²) >= 11 is 0. The number of hydrogen-bond donors (Lipinski definition) is 1. The topological polar surface area (TPSA) is 44.3 Å². The van der Waals surface area contributed by atoms with Crippen LogP contribution in [0.2, 0.25) is 0 Å². The van der Waals surface area contributed by atoms with Crippen LogP contribution in [0.3, 0.4) is 0 Å². The number of nitrogens with one attached hydrogen (secondary N) is 1. The number of anilines is 4. The molecule has 0 spiro atoms. The van der Waals surface area contributed by atoms with Crippen molar-refractivity contribution in [3.8, 4) is 0 Å². The molecule has 1 aromatic heterocycles. The summed E-state index contributed by atoms with van der Waals surface area (Å²) in [6, 6.07) is 17.1. The first-order valence-corrected chi connectivity index (χ1v) is 9.65. The molecule has 4 rings (SSSR count). The van der Waals surface area contributed by atoms with Gasteiger partial charge in [0.1, 0.15) is 23.8 Å². The molecule has 1 saturated heterocycles. The molecule has 0 atom stereocenters. The molecule has 2 aromatic carbocycles. The normalized spacial score (nSPS) is 14.2. The summed E-state index contributed by atoms with van der Waals surface area (Å²) in [6.07, 6.45) is 2.63. The van der Waals surface area contributed by atoms with Crippen molar-refractivity contribution in [1.29, 1.82) is 0 Å². The molecule has 5 nitrogen and oxygen atoms in total. The second-order valence-corrected chi connectivity index (χ2v) is 6.89. The molecule has 0 saturated carbocycles. The second kappa shape index (κ2) is 8.25. The predicted molar refractivity (Wildman–Crippen MR) is 112 cm³/mol. The van der Waals surface area contributed by atoms with E-state index in [9.17, 15) is 4.39 Å². The van der Waals surface area contributed by atoms with E-state index in [4.69, 9.17) is 0 Å². The zero-order valence-corrected chi connectivity index (χ0v) is 16.0. The third kappa shape index (κ3) is 4.22. The lowest BCUT2D eigenvalue weighted by Gasteiger charge is -2.36. The second-order valence-electron chi connectivity index (χ2n) is 6.89. The Balaban J connectivity index is 1.40. The molecule has 0 amide bonds. The lowest BCUT2D eigenvalue weighted by Crippen LogP contribution is -2.46. The van der Waals surface area contributed by atoms with Crippen LogP contribution in [0.1, 0.15) is 12.5 Å². The monoisotopic (exact) mass is 377 g/mol. The van der Waals surface area contributed by atoms with Gasteiger partial charge in [0.05, 0.1) is 0 Å². The smallest absolute Gasteiger partial charge is 0.135 e. The van der Waals surface area contributed by atoms with E-state index in [-0.39, 0.29) is 5.82 Å². The average Bonchev–Trinajstić information content (AvgIpc) is 2.75. The van der Waals surface area contributed by atoms with Gasteiger partial charge in [-0.25, -0.2) is 14.4 Å². The first-order chi connectivity index (χ1) is 13.7. The van der Waals surface area contributed by atoms with Gasteiger partial charge in [0.2, 0.25) is 0 Å². The fourth-order valence-electron chi connectivity index (χ4n) is 3.41. The Labute approximate surface area is 164 Å². The highest BCUT2D eigenvalue weighted by atomic mass is 19.1. The number of piperazine rings is 1. The van der Waals surface area contributed by atoms with E-state index in [1.165, 1.54) is 17.7 Å². The quantitative estimate of drug-likeness (QED) is 0.720. The standard InChI is InChI=1S/C22H24FN5/c1-2-17-3-7-19(8-4-17)26-21-15-22(25-16-24-21)28-13-11-27(12-14-28)20-9-5-18(23)6-10-20/h3-10,15-16H,2,11-14H2,1H3,(H,24,25,26). The van der Waals surface area contributed by atoms with Gasteiger partial charge in [0.15, 0.2) is 0 Å². The Morgan fingerprint density at radius 3 is 2.25 bits per heavy atom. The summed E-state index contributed by atoms with van der Waals surface area (Å²) in [5, 5.41) is 3.35. The molecular formula is C22H24FN5. The van der Waals surface area contributed by atoms with Crippen molar-refractivity contribution in [2.75, 3.05) is 41.3 Å². The van der Waals surface area contributed by atoms with E-state index in [1.807, 2.05) is 18.2 Å². The molecule has 0 bridgehead atoms. The summed E-state index contributed by atoms with van der Waals surface area (Å²) in [5.74, 6) is 1.50. The van der Waals surface area contributed by atoms with Crippen LogP contribution >= 0.6 is 0 Å². The van der Waals surface area contributed by atoms with Crippen LogP contribution in [-0.4, -0.2) is 36.1 Å². The third-order valence-corrected chi connectivity index (χ3v) is 5.08. The van der Waals surface area contributed by atoms with Crippen LogP contribution in [0, 0.1) is 5.82 Å². The van der Waals surface area contributed by atoms with E-state index < -0.39 is 0 Å². The minimum absolute atomic E-state index is 0.201. The van der Waals surface area contributed by atoms with Gasteiger partial charge in [-0.05, 0) is 48.4 Å².